The monoisotopic (exact) mass is 236 g/mol. The van der Waals surface area contributed by atoms with E-state index in [4.69, 9.17) is 4.74 Å². The molecule has 0 saturated carbocycles. The second-order valence-electron chi connectivity index (χ2n) is 4.18. The smallest absolute Gasteiger partial charge is 0.232 e. The third kappa shape index (κ3) is 3.84. The summed E-state index contributed by atoms with van der Waals surface area (Å²) in [5, 5.41) is 0. The van der Waals surface area contributed by atoms with Crippen molar-refractivity contribution in [3.63, 3.8) is 0 Å². The molecule has 17 heavy (non-hydrogen) atoms. The van der Waals surface area contributed by atoms with Gasteiger partial charge in [-0.05, 0) is 31.4 Å². The van der Waals surface area contributed by atoms with E-state index >= 15 is 0 Å². The van der Waals surface area contributed by atoms with E-state index in [0.717, 1.165) is 25.7 Å². The molecule has 3 nitrogen and oxygen atoms in total. The van der Waals surface area contributed by atoms with Crippen LogP contribution in [0.1, 0.15) is 46.0 Å². The molecule has 0 unspecified atom stereocenters. The van der Waals surface area contributed by atoms with Gasteiger partial charge in [0.2, 0.25) is 11.6 Å². The minimum absolute atomic E-state index is 0.396. The summed E-state index contributed by atoms with van der Waals surface area (Å²) in [6.45, 7) is 4.75. The number of hydrogen-bond acceptors (Lipinski definition) is 3. The average molecular weight is 236 g/mol. The van der Waals surface area contributed by atoms with Gasteiger partial charge in [-0.1, -0.05) is 26.7 Å². The Kier molecular flexibility index (Phi) is 5.67. The minimum atomic E-state index is -0.432. The topological polar surface area (TPSA) is 43.4 Å². The Morgan fingerprint density at radius 1 is 1.06 bits per heavy atom. The number of unbranched alkanes of at least 4 members (excludes halogenated alkanes) is 2. The van der Waals surface area contributed by atoms with E-state index in [1.165, 1.54) is 6.08 Å². The van der Waals surface area contributed by atoms with Gasteiger partial charge in [0.15, 0.2) is 0 Å². The Hall–Kier alpha value is -1.38. The van der Waals surface area contributed by atoms with Crippen molar-refractivity contribution in [3.8, 4) is 0 Å². The molecule has 0 N–H and O–H groups in total. The zero-order valence-corrected chi connectivity index (χ0v) is 10.6. The molecular weight excluding hydrogens is 216 g/mol. The van der Waals surface area contributed by atoms with Crippen molar-refractivity contribution in [1.29, 1.82) is 0 Å². The van der Waals surface area contributed by atoms with Crippen LogP contribution in [0.2, 0.25) is 0 Å². The Bertz CT molecular complexity index is 350. The van der Waals surface area contributed by atoms with Crippen molar-refractivity contribution < 1.29 is 14.3 Å². The summed E-state index contributed by atoms with van der Waals surface area (Å²) < 4.78 is 5.57. The molecule has 0 spiro atoms. The van der Waals surface area contributed by atoms with Crippen LogP contribution >= 0.6 is 0 Å². The molecular formula is C14H20O3. The Balaban J connectivity index is 2.75. The van der Waals surface area contributed by atoms with Crippen LogP contribution in [0, 0.1) is 0 Å². The lowest BCUT2D eigenvalue weighted by Gasteiger charge is -2.15. The van der Waals surface area contributed by atoms with Gasteiger partial charge < -0.3 is 4.74 Å². The third-order valence-electron chi connectivity index (χ3n) is 2.72. The molecule has 1 aliphatic carbocycles. The van der Waals surface area contributed by atoms with Crippen LogP contribution < -0.4 is 0 Å². The summed E-state index contributed by atoms with van der Waals surface area (Å²) in [6.07, 6.45) is 7.48. The number of Topliss-reactive ketones (excluding diaryl/α,β-unsaturated/α-hetero) is 1. The quantitative estimate of drug-likeness (QED) is 0.388. The largest absolute Gasteiger partial charge is 0.493 e. The second-order valence-corrected chi connectivity index (χ2v) is 4.18. The fourth-order valence-electron chi connectivity index (χ4n) is 1.64. The molecule has 0 aliphatic heterocycles. The van der Waals surface area contributed by atoms with Gasteiger partial charge in [-0.25, -0.2) is 0 Å². The number of rotatable bonds is 7. The molecule has 0 amide bonds. The average Bonchev–Trinajstić information content (AvgIpc) is 2.33. The first-order valence-corrected chi connectivity index (χ1v) is 6.33. The van der Waals surface area contributed by atoms with Gasteiger partial charge in [-0.3, -0.25) is 9.59 Å². The standard InChI is InChI=1S/C14H20O3/c1-3-5-7-11-13(17-10-6-4-2)9-8-12(15)14(11)16/h8-9H,3-7,10H2,1-2H3. The molecule has 0 aromatic rings. The van der Waals surface area contributed by atoms with E-state index in [0.29, 0.717) is 24.4 Å². The van der Waals surface area contributed by atoms with Gasteiger partial charge in [0.25, 0.3) is 0 Å². The van der Waals surface area contributed by atoms with Gasteiger partial charge in [-0.2, -0.15) is 0 Å². The summed E-state index contributed by atoms with van der Waals surface area (Å²) in [7, 11) is 0. The van der Waals surface area contributed by atoms with Crippen LogP contribution in [0.15, 0.2) is 23.5 Å². The molecule has 0 aromatic carbocycles. The van der Waals surface area contributed by atoms with Gasteiger partial charge in [-0.15, -0.1) is 0 Å². The van der Waals surface area contributed by atoms with Crippen molar-refractivity contribution in [2.24, 2.45) is 0 Å². The lowest BCUT2D eigenvalue weighted by Crippen LogP contribution is -2.20. The molecule has 94 valence electrons. The van der Waals surface area contributed by atoms with Crippen LogP contribution in [0.25, 0.3) is 0 Å². The van der Waals surface area contributed by atoms with Crippen molar-refractivity contribution in [2.45, 2.75) is 46.0 Å². The highest BCUT2D eigenvalue weighted by atomic mass is 16.5. The van der Waals surface area contributed by atoms with E-state index in [1.54, 1.807) is 6.08 Å². The van der Waals surface area contributed by atoms with Crippen molar-refractivity contribution >= 4 is 11.6 Å². The molecule has 0 fully saturated rings. The molecule has 0 heterocycles. The van der Waals surface area contributed by atoms with Gasteiger partial charge in [0.1, 0.15) is 5.76 Å². The zero-order valence-electron chi connectivity index (χ0n) is 10.6. The number of carbonyl (C=O) groups is 2. The maximum absolute atomic E-state index is 11.7. The normalized spacial score (nSPS) is 15.6. The number of ether oxygens (including phenoxy) is 1. The first-order chi connectivity index (χ1) is 8.20. The van der Waals surface area contributed by atoms with Crippen molar-refractivity contribution in [2.75, 3.05) is 6.61 Å². The summed E-state index contributed by atoms with van der Waals surface area (Å²) in [6, 6.07) is 0. The third-order valence-corrected chi connectivity index (χ3v) is 2.72. The molecule has 1 rings (SSSR count). The lowest BCUT2D eigenvalue weighted by molar-refractivity contribution is -0.132. The molecule has 0 aromatic heterocycles. The summed E-state index contributed by atoms with van der Waals surface area (Å²) in [5.41, 5.74) is 0.551. The summed E-state index contributed by atoms with van der Waals surface area (Å²) in [4.78, 5) is 23.1. The highest BCUT2D eigenvalue weighted by Crippen LogP contribution is 2.21. The van der Waals surface area contributed by atoms with Crippen molar-refractivity contribution in [3.05, 3.63) is 23.5 Å². The van der Waals surface area contributed by atoms with Crippen LogP contribution in [0.3, 0.4) is 0 Å². The van der Waals surface area contributed by atoms with Crippen LogP contribution in [-0.4, -0.2) is 18.2 Å². The van der Waals surface area contributed by atoms with E-state index < -0.39 is 11.6 Å². The molecule has 0 bridgehead atoms. The lowest BCUT2D eigenvalue weighted by atomic mass is 9.96. The molecule has 0 saturated heterocycles. The first kappa shape index (κ1) is 13.7. The minimum Gasteiger partial charge on any atom is -0.493 e. The van der Waals surface area contributed by atoms with Gasteiger partial charge >= 0.3 is 0 Å². The fraction of sp³-hybridized carbons (Fsp3) is 0.571. The predicted octanol–water partition coefficient (Wildman–Crippen LogP) is 2.96. The summed E-state index contributed by atoms with van der Waals surface area (Å²) >= 11 is 0. The predicted molar refractivity (Wildman–Crippen MR) is 66.6 cm³/mol. The highest BCUT2D eigenvalue weighted by Gasteiger charge is 2.24. The SMILES string of the molecule is CCCCOC1=C(CCCC)C(=O)C(=O)C=C1. The Morgan fingerprint density at radius 3 is 2.41 bits per heavy atom. The molecule has 3 heteroatoms. The maximum atomic E-state index is 11.7. The van der Waals surface area contributed by atoms with Gasteiger partial charge in [0, 0.05) is 5.57 Å². The number of ketones is 2. The first-order valence-electron chi connectivity index (χ1n) is 6.33. The molecule has 1 aliphatic rings. The van der Waals surface area contributed by atoms with Gasteiger partial charge in [0.05, 0.1) is 6.61 Å². The van der Waals surface area contributed by atoms with E-state index in [-0.39, 0.29) is 0 Å². The van der Waals surface area contributed by atoms with Crippen LogP contribution in [-0.2, 0) is 14.3 Å². The number of allylic oxidation sites excluding steroid dienone is 3. The Morgan fingerprint density at radius 2 is 1.76 bits per heavy atom. The maximum Gasteiger partial charge on any atom is 0.232 e. The molecule has 0 atom stereocenters. The highest BCUT2D eigenvalue weighted by molar-refractivity contribution is 6.48. The number of hydrogen-bond donors (Lipinski definition) is 0. The van der Waals surface area contributed by atoms with E-state index in [1.807, 2.05) is 0 Å². The van der Waals surface area contributed by atoms with Crippen molar-refractivity contribution in [1.82, 2.24) is 0 Å². The van der Waals surface area contributed by atoms with E-state index in [2.05, 4.69) is 13.8 Å². The fourth-order valence-corrected chi connectivity index (χ4v) is 1.64. The van der Waals surface area contributed by atoms with E-state index in [9.17, 15) is 9.59 Å². The van der Waals surface area contributed by atoms with Crippen LogP contribution in [0.5, 0.6) is 0 Å². The second kappa shape index (κ2) is 7.05. The molecule has 0 radical (unpaired) electrons. The van der Waals surface area contributed by atoms with Crippen LogP contribution in [0.4, 0.5) is 0 Å². The Labute approximate surface area is 103 Å². The zero-order chi connectivity index (χ0) is 12.7. The summed E-state index contributed by atoms with van der Waals surface area (Å²) in [5.74, 6) is -0.233. The number of carbonyl (C=O) groups excluding carboxylic acids is 2.